The van der Waals surface area contributed by atoms with Gasteiger partial charge < -0.3 is 4.74 Å². The number of halogens is 1. The summed E-state index contributed by atoms with van der Waals surface area (Å²) in [6.07, 6.45) is 4.16. The summed E-state index contributed by atoms with van der Waals surface area (Å²) in [5, 5.41) is 0.409. The number of fused-ring (bicyclic) bond motifs is 1. The summed E-state index contributed by atoms with van der Waals surface area (Å²) >= 11 is 6.03. The van der Waals surface area contributed by atoms with Crippen LogP contribution >= 0.6 is 11.6 Å². The molecular formula is C12H9ClN2O. The fraction of sp³-hybridized carbons (Fsp3) is 0.167. The summed E-state index contributed by atoms with van der Waals surface area (Å²) in [5.74, 6) is 0.893. The highest BCUT2D eigenvalue weighted by molar-refractivity contribution is 6.31. The Morgan fingerprint density at radius 1 is 1.19 bits per heavy atom. The largest absolute Gasteiger partial charge is 0.492 e. The number of hydrogen-bond donors (Lipinski definition) is 0. The van der Waals surface area contributed by atoms with Crippen molar-refractivity contribution in [1.82, 2.24) is 9.97 Å². The molecule has 1 aromatic heterocycles. The summed E-state index contributed by atoms with van der Waals surface area (Å²) in [6.45, 7) is 0.726. The Morgan fingerprint density at radius 2 is 2.06 bits per heavy atom. The SMILES string of the molecule is Clc1nccnc1-c1cccc2c1OCC2. The fourth-order valence-corrected chi connectivity index (χ4v) is 2.11. The van der Waals surface area contributed by atoms with Crippen LogP contribution in [0.25, 0.3) is 11.3 Å². The van der Waals surface area contributed by atoms with Crippen LogP contribution in [0.3, 0.4) is 0 Å². The van der Waals surface area contributed by atoms with E-state index in [0.29, 0.717) is 10.8 Å². The first-order valence-electron chi connectivity index (χ1n) is 5.08. The van der Waals surface area contributed by atoms with Crippen molar-refractivity contribution in [3.63, 3.8) is 0 Å². The highest BCUT2D eigenvalue weighted by Gasteiger charge is 2.19. The zero-order chi connectivity index (χ0) is 11.0. The van der Waals surface area contributed by atoms with Crippen LogP contribution in [0.4, 0.5) is 0 Å². The van der Waals surface area contributed by atoms with Crippen molar-refractivity contribution in [2.24, 2.45) is 0 Å². The molecule has 0 saturated heterocycles. The molecule has 1 aliphatic rings. The molecule has 80 valence electrons. The smallest absolute Gasteiger partial charge is 0.155 e. The van der Waals surface area contributed by atoms with Gasteiger partial charge in [-0.25, -0.2) is 4.98 Å². The van der Waals surface area contributed by atoms with E-state index in [-0.39, 0.29) is 0 Å². The molecule has 0 spiro atoms. The summed E-state index contributed by atoms with van der Waals surface area (Å²) < 4.78 is 5.61. The van der Waals surface area contributed by atoms with Crippen molar-refractivity contribution >= 4 is 11.6 Å². The predicted octanol–water partition coefficient (Wildman–Crippen LogP) is 2.73. The zero-order valence-corrected chi connectivity index (χ0v) is 9.24. The van der Waals surface area contributed by atoms with Gasteiger partial charge in [0.25, 0.3) is 0 Å². The lowest BCUT2D eigenvalue weighted by Crippen LogP contribution is -1.92. The molecule has 1 aromatic carbocycles. The lowest BCUT2D eigenvalue weighted by atomic mass is 10.1. The number of aromatic nitrogens is 2. The number of nitrogens with zero attached hydrogens (tertiary/aromatic N) is 2. The minimum Gasteiger partial charge on any atom is -0.492 e. The van der Waals surface area contributed by atoms with Gasteiger partial charge in [-0.1, -0.05) is 23.7 Å². The van der Waals surface area contributed by atoms with Gasteiger partial charge >= 0.3 is 0 Å². The second-order valence-corrected chi connectivity index (χ2v) is 3.95. The third-order valence-electron chi connectivity index (χ3n) is 2.62. The van der Waals surface area contributed by atoms with Gasteiger partial charge in [0.15, 0.2) is 5.15 Å². The van der Waals surface area contributed by atoms with E-state index < -0.39 is 0 Å². The van der Waals surface area contributed by atoms with Gasteiger partial charge in [0, 0.05) is 24.4 Å². The van der Waals surface area contributed by atoms with Gasteiger partial charge in [-0.05, 0) is 11.6 Å². The summed E-state index contributed by atoms with van der Waals surface area (Å²) in [7, 11) is 0. The summed E-state index contributed by atoms with van der Waals surface area (Å²) in [4.78, 5) is 8.28. The van der Waals surface area contributed by atoms with Crippen molar-refractivity contribution in [1.29, 1.82) is 0 Å². The molecule has 0 N–H and O–H groups in total. The molecule has 0 unspecified atom stereocenters. The molecule has 0 saturated carbocycles. The van der Waals surface area contributed by atoms with E-state index in [1.54, 1.807) is 12.4 Å². The second-order valence-electron chi connectivity index (χ2n) is 3.59. The molecule has 0 aliphatic carbocycles. The van der Waals surface area contributed by atoms with Gasteiger partial charge in [-0.2, -0.15) is 0 Å². The van der Waals surface area contributed by atoms with Crippen LogP contribution in [0.1, 0.15) is 5.56 Å². The zero-order valence-electron chi connectivity index (χ0n) is 8.48. The van der Waals surface area contributed by atoms with Gasteiger partial charge in [0.05, 0.1) is 6.61 Å². The molecule has 2 heterocycles. The molecule has 4 heteroatoms. The average molecular weight is 233 g/mol. The third-order valence-corrected chi connectivity index (χ3v) is 2.90. The van der Waals surface area contributed by atoms with E-state index in [0.717, 1.165) is 24.3 Å². The normalized spacial score (nSPS) is 13.3. The third kappa shape index (κ3) is 1.44. The van der Waals surface area contributed by atoms with Gasteiger partial charge in [0.1, 0.15) is 11.4 Å². The Morgan fingerprint density at radius 3 is 2.94 bits per heavy atom. The van der Waals surface area contributed by atoms with Crippen LogP contribution in [-0.4, -0.2) is 16.6 Å². The van der Waals surface area contributed by atoms with Crippen LogP contribution in [0.2, 0.25) is 5.15 Å². The number of para-hydroxylation sites is 1. The van der Waals surface area contributed by atoms with Gasteiger partial charge in [-0.15, -0.1) is 0 Å². The molecule has 3 nitrogen and oxygen atoms in total. The van der Waals surface area contributed by atoms with Crippen molar-refractivity contribution in [3.8, 4) is 17.0 Å². The maximum atomic E-state index is 6.03. The van der Waals surface area contributed by atoms with Crippen LogP contribution in [0, 0.1) is 0 Å². The van der Waals surface area contributed by atoms with Crippen LogP contribution in [0.15, 0.2) is 30.6 Å². The Bertz CT molecular complexity index is 542. The van der Waals surface area contributed by atoms with Crippen LogP contribution in [-0.2, 0) is 6.42 Å². The number of rotatable bonds is 1. The van der Waals surface area contributed by atoms with Crippen LogP contribution < -0.4 is 4.74 Å². The van der Waals surface area contributed by atoms with Gasteiger partial charge in [-0.3, -0.25) is 4.98 Å². The molecule has 0 atom stereocenters. The first-order valence-corrected chi connectivity index (χ1v) is 5.45. The Hall–Kier alpha value is -1.61. The Balaban J connectivity index is 2.21. The van der Waals surface area contributed by atoms with Crippen molar-refractivity contribution in [3.05, 3.63) is 41.3 Å². The quantitative estimate of drug-likeness (QED) is 0.758. The first kappa shape index (κ1) is 9.60. The number of ether oxygens (including phenoxy) is 1. The van der Waals surface area contributed by atoms with E-state index in [1.807, 2.05) is 12.1 Å². The predicted molar refractivity (Wildman–Crippen MR) is 61.7 cm³/mol. The molecule has 1 aliphatic heterocycles. The van der Waals surface area contributed by atoms with Crippen LogP contribution in [0.5, 0.6) is 5.75 Å². The molecule has 0 fully saturated rings. The highest BCUT2D eigenvalue weighted by atomic mass is 35.5. The van der Waals surface area contributed by atoms with E-state index in [2.05, 4.69) is 16.0 Å². The lowest BCUT2D eigenvalue weighted by molar-refractivity contribution is 0.358. The lowest BCUT2D eigenvalue weighted by Gasteiger charge is -2.07. The first-order chi connectivity index (χ1) is 7.86. The summed E-state index contributed by atoms with van der Waals surface area (Å²) in [6, 6.07) is 6.02. The maximum absolute atomic E-state index is 6.03. The number of hydrogen-bond acceptors (Lipinski definition) is 3. The van der Waals surface area contributed by atoms with Gasteiger partial charge in [0.2, 0.25) is 0 Å². The molecule has 0 radical (unpaired) electrons. The van der Waals surface area contributed by atoms with E-state index in [9.17, 15) is 0 Å². The molecule has 0 bridgehead atoms. The van der Waals surface area contributed by atoms with Crippen molar-refractivity contribution in [2.75, 3.05) is 6.61 Å². The Labute approximate surface area is 98.1 Å². The minimum absolute atomic E-state index is 0.409. The summed E-state index contributed by atoms with van der Waals surface area (Å²) in [5.41, 5.74) is 2.82. The maximum Gasteiger partial charge on any atom is 0.155 e. The highest BCUT2D eigenvalue weighted by Crippen LogP contribution is 2.37. The minimum atomic E-state index is 0.409. The molecule has 16 heavy (non-hydrogen) atoms. The molecule has 0 amide bonds. The molecule has 3 rings (SSSR count). The monoisotopic (exact) mass is 232 g/mol. The van der Waals surface area contributed by atoms with E-state index in [1.165, 1.54) is 5.56 Å². The Kier molecular flexibility index (Phi) is 2.26. The van der Waals surface area contributed by atoms with Crippen molar-refractivity contribution in [2.45, 2.75) is 6.42 Å². The average Bonchev–Trinajstić information content (AvgIpc) is 2.77. The molecule has 2 aromatic rings. The van der Waals surface area contributed by atoms with Crippen molar-refractivity contribution < 1.29 is 4.74 Å². The van der Waals surface area contributed by atoms with E-state index in [4.69, 9.17) is 16.3 Å². The fourth-order valence-electron chi connectivity index (χ4n) is 1.90. The number of benzene rings is 1. The molecular weight excluding hydrogens is 224 g/mol. The second kappa shape index (κ2) is 3.76. The van der Waals surface area contributed by atoms with E-state index >= 15 is 0 Å². The standard InChI is InChI=1S/C12H9ClN2O/c13-12-10(14-5-6-15-12)9-3-1-2-8-4-7-16-11(8)9/h1-3,5-6H,4,7H2. The topological polar surface area (TPSA) is 35.0 Å².